The molecule has 0 spiro atoms. The normalized spacial score (nSPS) is 41.6. The van der Waals surface area contributed by atoms with E-state index in [1.807, 2.05) is 0 Å². The van der Waals surface area contributed by atoms with E-state index >= 15 is 0 Å². The predicted molar refractivity (Wildman–Crippen MR) is 75.1 cm³/mol. The molecule has 17 heavy (non-hydrogen) atoms. The Labute approximate surface area is 108 Å². The molecule has 0 heterocycles. The van der Waals surface area contributed by atoms with Crippen molar-refractivity contribution in [1.29, 1.82) is 0 Å². The molecule has 4 unspecified atom stereocenters. The molecule has 2 aliphatic carbocycles. The van der Waals surface area contributed by atoms with Crippen LogP contribution < -0.4 is 5.32 Å². The van der Waals surface area contributed by atoms with E-state index in [4.69, 9.17) is 0 Å². The van der Waals surface area contributed by atoms with E-state index < -0.39 is 0 Å². The second kappa shape index (κ2) is 5.30. The highest BCUT2D eigenvalue weighted by atomic mass is 15.0. The number of hydrogen-bond donors (Lipinski definition) is 1. The first-order valence-corrected chi connectivity index (χ1v) is 7.78. The fourth-order valence-corrected chi connectivity index (χ4v) is 4.20. The van der Waals surface area contributed by atoms with Crippen LogP contribution in [-0.2, 0) is 0 Å². The summed E-state index contributed by atoms with van der Waals surface area (Å²) in [4.78, 5) is 0. The molecule has 2 aliphatic rings. The average molecular weight is 237 g/mol. The van der Waals surface area contributed by atoms with Crippen molar-refractivity contribution in [2.24, 2.45) is 17.3 Å². The van der Waals surface area contributed by atoms with E-state index in [-0.39, 0.29) is 0 Å². The van der Waals surface area contributed by atoms with Crippen LogP contribution in [0.5, 0.6) is 0 Å². The van der Waals surface area contributed by atoms with Crippen molar-refractivity contribution in [2.75, 3.05) is 0 Å². The van der Waals surface area contributed by atoms with Gasteiger partial charge in [0.2, 0.25) is 0 Å². The van der Waals surface area contributed by atoms with Gasteiger partial charge in [-0.3, -0.25) is 0 Å². The molecule has 4 atom stereocenters. The Hall–Kier alpha value is -0.0400. The van der Waals surface area contributed by atoms with E-state index in [0.717, 1.165) is 23.9 Å². The first kappa shape index (κ1) is 13.4. The largest absolute Gasteiger partial charge is 0.311 e. The third-order valence-electron chi connectivity index (χ3n) is 5.41. The molecule has 0 aromatic rings. The van der Waals surface area contributed by atoms with Gasteiger partial charge < -0.3 is 5.32 Å². The molecule has 0 aliphatic heterocycles. The van der Waals surface area contributed by atoms with Crippen molar-refractivity contribution in [1.82, 2.24) is 5.32 Å². The van der Waals surface area contributed by atoms with Crippen LogP contribution in [0.1, 0.15) is 72.6 Å². The summed E-state index contributed by atoms with van der Waals surface area (Å²) >= 11 is 0. The Morgan fingerprint density at radius 3 is 2.53 bits per heavy atom. The number of hydrogen-bond acceptors (Lipinski definition) is 1. The number of rotatable bonds is 3. The minimum atomic E-state index is 0.571. The topological polar surface area (TPSA) is 12.0 Å². The molecule has 0 amide bonds. The van der Waals surface area contributed by atoms with Crippen LogP contribution >= 0.6 is 0 Å². The van der Waals surface area contributed by atoms with Crippen LogP contribution in [-0.4, -0.2) is 12.1 Å². The third-order valence-corrected chi connectivity index (χ3v) is 5.41. The van der Waals surface area contributed by atoms with Crippen molar-refractivity contribution in [3.05, 3.63) is 0 Å². The van der Waals surface area contributed by atoms with Gasteiger partial charge in [-0.25, -0.2) is 0 Å². The Bertz CT molecular complexity index is 246. The Morgan fingerprint density at radius 1 is 1.18 bits per heavy atom. The molecule has 0 bridgehead atoms. The average Bonchev–Trinajstić information content (AvgIpc) is 2.59. The van der Waals surface area contributed by atoms with E-state index in [0.29, 0.717) is 5.41 Å². The Balaban J connectivity index is 1.85. The molecule has 0 aromatic carbocycles. The van der Waals surface area contributed by atoms with Crippen LogP contribution in [0.25, 0.3) is 0 Å². The Kier molecular flexibility index (Phi) is 4.18. The van der Waals surface area contributed by atoms with Gasteiger partial charge in [-0.05, 0) is 49.4 Å². The predicted octanol–water partition coefficient (Wildman–Crippen LogP) is 4.37. The van der Waals surface area contributed by atoms with Crippen molar-refractivity contribution in [3.63, 3.8) is 0 Å². The highest BCUT2D eigenvalue weighted by Gasteiger charge is 2.35. The van der Waals surface area contributed by atoms with Gasteiger partial charge in [0.1, 0.15) is 0 Å². The maximum absolute atomic E-state index is 3.99. The van der Waals surface area contributed by atoms with Gasteiger partial charge in [-0.2, -0.15) is 0 Å². The lowest BCUT2D eigenvalue weighted by atomic mass is 9.75. The minimum absolute atomic E-state index is 0.571. The zero-order valence-corrected chi connectivity index (χ0v) is 12.3. The highest BCUT2D eigenvalue weighted by Crippen LogP contribution is 2.38. The van der Waals surface area contributed by atoms with Crippen molar-refractivity contribution >= 4 is 0 Å². The molecule has 100 valence electrons. The van der Waals surface area contributed by atoms with Gasteiger partial charge >= 0.3 is 0 Å². The smallest absolute Gasteiger partial charge is 0.00980 e. The first-order valence-electron chi connectivity index (χ1n) is 7.78. The fourth-order valence-electron chi connectivity index (χ4n) is 4.20. The lowest BCUT2D eigenvalue weighted by molar-refractivity contribution is 0.179. The second-order valence-corrected chi connectivity index (χ2v) is 7.34. The molecule has 1 heteroatoms. The molecule has 2 rings (SSSR count). The maximum atomic E-state index is 3.99. The summed E-state index contributed by atoms with van der Waals surface area (Å²) in [5.74, 6) is 1.87. The monoisotopic (exact) mass is 237 g/mol. The summed E-state index contributed by atoms with van der Waals surface area (Å²) in [5.41, 5.74) is 0.571. The minimum Gasteiger partial charge on any atom is -0.311 e. The van der Waals surface area contributed by atoms with Crippen molar-refractivity contribution in [3.8, 4) is 0 Å². The summed E-state index contributed by atoms with van der Waals surface area (Å²) in [5, 5.41) is 3.99. The van der Waals surface area contributed by atoms with Crippen LogP contribution in [0.15, 0.2) is 0 Å². The summed E-state index contributed by atoms with van der Waals surface area (Å²) in [7, 11) is 0. The molecule has 2 saturated carbocycles. The van der Waals surface area contributed by atoms with Gasteiger partial charge in [0.05, 0.1) is 0 Å². The lowest BCUT2D eigenvalue weighted by Crippen LogP contribution is -2.44. The van der Waals surface area contributed by atoms with Crippen LogP contribution in [0, 0.1) is 17.3 Å². The molecular weight excluding hydrogens is 206 g/mol. The van der Waals surface area contributed by atoms with Gasteiger partial charge in [0.15, 0.2) is 0 Å². The standard InChI is InChI=1S/C16H31N/c1-5-13-8-9-15(12(13)2)17-14-7-6-10-16(3,4)11-14/h12-15,17H,5-11H2,1-4H3. The van der Waals surface area contributed by atoms with Crippen molar-refractivity contribution < 1.29 is 0 Å². The van der Waals surface area contributed by atoms with Gasteiger partial charge in [0.25, 0.3) is 0 Å². The number of nitrogens with one attached hydrogen (secondary N) is 1. The van der Waals surface area contributed by atoms with Gasteiger partial charge in [-0.1, -0.05) is 40.5 Å². The first-order chi connectivity index (χ1) is 8.02. The summed E-state index contributed by atoms with van der Waals surface area (Å²) in [6, 6.07) is 1.60. The maximum Gasteiger partial charge on any atom is 0.00980 e. The zero-order chi connectivity index (χ0) is 12.5. The molecule has 1 N–H and O–H groups in total. The summed E-state index contributed by atoms with van der Waals surface area (Å²) in [6.07, 6.45) is 9.86. The zero-order valence-electron chi connectivity index (χ0n) is 12.3. The molecule has 0 radical (unpaired) electrons. The third kappa shape index (κ3) is 3.24. The summed E-state index contributed by atoms with van der Waals surface area (Å²) < 4.78 is 0. The molecule has 1 nitrogen and oxygen atoms in total. The van der Waals surface area contributed by atoms with E-state index in [9.17, 15) is 0 Å². The van der Waals surface area contributed by atoms with Gasteiger partial charge in [0, 0.05) is 12.1 Å². The summed E-state index contributed by atoms with van der Waals surface area (Å²) in [6.45, 7) is 9.70. The van der Waals surface area contributed by atoms with E-state index in [2.05, 4.69) is 33.0 Å². The quantitative estimate of drug-likeness (QED) is 0.768. The van der Waals surface area contributed by atoms with Crippen LogP contribution in [0.3, 0.4) is 0 Å². The molecule has 0 aromatic heterocycles. The van der Waals surface area contributed by atoms with E-state index in [1.165, 1.54) is 44.9 Å². The Morgan fingerprint density at radius 2 is 1.94 bits per heavy atom. The SMILES string of the molecule is CCC1CCC(NC2CCCC(C)(C)C2)C1C. The molecule has 0 saturated heterocycles. The van der Waals surface area contributed by atoms with Crippen LogP contribution in [0.4, 0.5) is 0 Å². The highest BCUT2D eigenvalue weighted by molar-refractivity contribution is 4.91. The van der Waals surface area contributed by atoms with Gasteiger partial charge in [-0.15, -0.1) is 0 Å². The molecule has 2 fully saturated rings. The second-order valence-electron chi connectivity index (χ2n) is 7.34. The van der Waals surface area contributed by atoms with E-state index in [1.54, 1.807) is 0 Å². The fraction of sp³-hybridized carbons (Fsp3) is 1.00. The van der Waals surface area contributed by atoms with Crippen LogP contribution in [0.2, 0.25) is 0 Å². The lowest BCUT2D eigenvalue weighted by Gasteiger charge is -2.38. The van der Waals surface area contributed by atoms with Crippen molar-refractivity contribution in [2.45, 2.75) is 84.7 Å². The molecular formula is C16H31N.